The summed E-state index contributed by atoms with van der Waals surface area (Å²) >= 11 is 0. The van der Waals surface area contributed by atoms with E-state index < -0.39 is 10.8 Å². The second kappa shape index (κ2) is 5.44. The van der Waals surface area contributed by atoms with Crippen LogP contribution in [0.2, 0.25) is 0 Å². The molecule has 18 heavy (non-hydrogen) atoms. The largest absolute Gasteiger partial charge is 0.254 e. The van der Waals surface area contributed by atoms with E-state index in [2.05, 4.69) is 6.07 Å². The van der Waals surface area contributed by atoms with Crippen molar-refractivity contribution in [1.82, 2.24) is 0 Å². The third kappa shape index (κ3) is 3.26. The molecule has 1 atom stereocenters. The van der Waals surface area contributed by atoms with Gasteiger partial charge in [-0.1, -0.05) is 29.3 Å². The summed E-state index contributed by atoms with van der Waals surface area (Å²) in [5.74, 6) is 0.163. The average Bonchev–Trinajstić information content (AvgIpc) is 2.28. The van der Waals surface area contributed by atoms with Crippen molar-refractivity contribution in [3.63, 3.8) is 0 Å². The van der Waals surface area contributed by atoms with E-state index in [0.717, 1.165) is 5.56 Å². The van der Waals surface area contributed by atoms with Crippen molar-refractivity contribution in [3.05, 3.63) is 65.0 Å². The Hall–Kier alpha value is -1.48. The number of rotatable bonds is 3. The predicted molar refractivity (Wildman–Crippen MR) is 72.4 cm³/mol. The maximum absolute atomic E-state index is 12.8. The minimum absolute atomic E-state index is 0.304. The highest BCUT2D eigenvalue weighted by atomic mass is 32.2. The number of halogens is 1. The lowest BCUT2D eigenvalue weighted by molar-refractivity contribution is 0.626. The highest BCUT2D eigenvalue weighted by Gasteiger charge is 2.06. The minimum Gasteiger partial charge on any atom is -0.254 e. The second-order valence-electron chi connectivity index (χ2n) is 4.44. The monoisotopic (exact) mass is 262 g/mol. The quantitative estimate of drug-likeness (QED) is 0.823. The molecule has 0 aliphatic rings. The fourth-order valence-corrected chi connectivity index (χ4v) is 3.05. The molecule has 0 bridgehead atoms. The smallest absolute Gasteiger partial charge is 0.123 e. The first-order valence-corrected chi connectivity index (χ1v) is 7.07. The Bertz CT molecular complexity index is 555. The van der Waals surface area contributed by atoms with Crippen LogP contribution in [0.1, 0.15) is 16.7 Å². The van der Waals surface area contributed by atoms with Crippen molar-refractivity contribution < 1.29 is 8.60 Å². The fourth-order valence-electron chi connectivity index (χ4n) is 1.97. The molecule has 0 spiro atoms. The summed E-state index contributed by atoms with van der Waals surface area (Å²) in [6, 6.07) is 12.0. The van der Waals surface area contributed by atoms with Gasteiger partial charge in [0.15, 0.2) is 0 Å². The topological polar surface area (TPSA) is 17.1 Å². The first-order valence-electron chi connectivity index (χ1n) is 5.76. The van der Waals surface area contributed by atoms with Crippen LogP contribution in [-0.2, 0) is 16.6 Å². The minimum atomic E-state index is -1.13. The van der Waals surface area contributed by atoms with E-state index in [1.54, 1.807) is 12.1 Å². The van der Waals surface area contributed by atoms with Crippen molar-refractivity contribution in [1.29, 1.82) is 0 Å². The van der Waals surface area contributed by atoms with Gasteiger partial charge in [0.1, 0.15) is 5.82 Å². The maximum atomic E-state index is 12.8. The van der Waals surface area contributed by atoms with E-state index >= 15 is 0 Å². The van der Waals surface area contributed by atoms with E-state index in [1.165, 1.54) is 23.3 Å². The summed E-state index contributed by atoms with van der Waals surface area (Å²) in [6.45, 7) is 4.05. The van der Waals surface area contributed by atoms with Gasteiger partial charge in [-0.2, -0.15) is 0 Å². The summed E-state index contributed by atoms with van der Waals surface area (Å²) < 4.78 is 24.9. The molecule has 0 amide bonds. The van der Waals surface area contributed by atoms with Crippen LogP contribution in [0.5, 0.6) is 0 Å². The average molecular weight is 262 g/mol. The molecule has 0 aliphatic carbocycles. The van der Waals surface area contributed by atoms with Crippen molar-refractivity contribution >= 4 is 10.8 Å². The third-order valence-corrected chi connectivity index (χ3v) is 4.05. The van der Waals surface area contributed by atoms with E-state index in [1.807, 2.05) is 26.0 Å². The molecule has 0 aliphatic heterocycles. The molecular formula is C15H15FOS. The zero-order valence-corrected chi connectivity index (χ0v) is 11.3. The number of hydrogen-bond acceptors (Lipinski definition) is 1. The Labute approximate surface area is 109 Å². The van der Waals surface area contributed by atoms with Gasteiger partial charge in [-0.25, -0.2) is 4.39 Å². The SMILES string of the molecule is Cc1cc(C)cc(CS(=O)c2ccc(F)cc2)c1. The van der Waals surface area contributed by atoms with Gasteiger partial charge in [0.2, 0.25) is 0 Å². The molecule has 1 nitrogen and oxygen atoms in total. The van der Waals surface area contributed by atoms with Gasteiger partial charge in [0.25, 0.3) is 0 Å². The molecule has 0 saturated heterocycles. The Morgan fingerprint density at radius 1 is 1.00 bits per heavy atom. The summed E-state index contributed by atoms with van der Waals surface area (Å²) in [5, 5.41) is 0. The highest BCUT2D eigenvalue weighted by Crippen LogP contribution is 2.15. The number of hydrogen-bond donors (Lipinski definition) is 0. The van der Waals surface area contributed by atoms with Gasteiger partial charge in [0, 0.05) is 4.90 Å². The third-order valence-electron chi connectivity index (χ3n) is 2.66. The van der Waals surface area contributed by atoms with Gasteiger partial charge in [-0.3, -0.25) is 4.21 Å². The summed E-state index contributed by atoms with van der Waals surface area (Å²) in [5.41, 5.74) is 3.39. The van der Waals surface area contributed by atoms with Crippen molar-refractivity contribution in [3.8, 4) is 0 Å². The van der Waals surface area contributed by atoms with Crippen molar-refractivity contribution in [2.24, 2.45) is 0 Å². The maximum Gasteiger partial charge on any atom is 0.123 e. The molecule has 0 aromatic heterocycles. The first kappa shape index (κ1) is 13.0. The van der Waals surface area contributed by atoms with E-state index in [9.17, 15) is 8.60 Å². The predicted octanol–water partition coefficient (Wildman–Crippen LogP) is 3.75. The van der Waals surface area contributed by atoms with Gasteiger partial charge in [-0.15, -0.1) is 0 Å². The van der Waals surface area contributed by atoms with Crippen LogP contribution in [-0.4, -0.2) is 4.21 Å². The zero-order valence-electron chi connectivity index (χ0n) is 10.4. The van der Waals surface area contributed by atoms with Crippen molar-refractivity contribution in [2.45, 2.75) is 24.5 Å². The molecule has 0 fully saturated rings. The van der Waals surface area contributed by atoms with Crippen LogP contribution >= 0.6 is 0 Å². The normalized spacial score (nSPS) is 12.4. The van der Waals surface area contributed by atoms with Gasteiger partial charge in [0.05, 0.1) is 16.6 Å². The Kier molecular flexibility index (Phi) is 3.92. The molecule has 94 valence electrons. The first-order chi connectivity index (χ1) is 8.54. The fraction of sp³-hybridized carbons (Fsp3) is 0.200. The molecule has 2 aromatic carbocycles. The van der Waals surface area contributed by atoms with Crippen LogP contribution in [0.25, 0.3) is 0 Å². The molecular weight excluding hydrogens is 247 g/mol. The summed E-state index contributed by atoms with van der Waals surface area (Å²) in [4.78, 5) is 0.663. The lowest BCUT2D eigenvalue weighted by Gasteiger charge is -2.05. The molecule has 1 unspecified atom stereocenters. The molecule has 0 heterocycles. The Balaban J connectivity index is 2.18. The van der Waals surface area contributed by atoms with Gasteiger partial charge in [-0.05, 0) is 43.7 Å². The number of benzene rings is 2. The van der Waals surface area contributed by atoms with Gasteiger partial charge >= 0.3 is 0 Å². The molecule has 2 rings (SSSR count). The van der Waals surface area contributed by atoms with Gasteiger partial charge < -0.3 is 0 Å². The standard InChI is InChI=1S/C15H15FOS/c1-11-7-12(2)9-13(8-11)10-18(17)15-5-3-14(16)4-6-15/h3-9H,10H2,1-2H3. The van der Waals surface area contributed by atoms with E-state index in [0.29, 0.717) is 10.6 Å². The lowest BCUT2D eigenvalue weighted by Crippen LogP contribution is -1.97. The van der Waals surface area contributed by atoms with E-state index in [4.69, 9.17) is 0 Å². The van der Waals surface area contributed by atoms with Crippen molar-refractivity contribution in [2.75, 3.05) is 0 Å². The van der Waals surface area contributed by atoms with Crippen LogP contribution in [0.4, 0.5) is 4.39 Å². The molecule has 2 aromatic rings. The molecule has 3 heteroatoms. The van der Waals surface area contributed by atoms with Crippen LogP contribution in [0.15, 0.2) is 47.4 Å². The van der Waals surface area contributed by atoms with Crippen LogP contribution in [0.3, 0.4) is 0 Å². The Morgan fingerprint density at radius 3 is 2.11 bits per heavy atom. The van der Waals surface area contributed by atoms with Crippen LogP contribution in [0, 0.1) is 19.7 Å². The van der Waals surface area contributed by atoms with E-state index in [-0.39, 0.29) is 5.82 Å². The highest BCUT2D eigenvalue weighted by molar-refractivity contribution is 7.84. The Morgan fingerprint density at radius 2 is 1.56 bits per heavy atom. The number of aryl methyl sites for hydroxylation is 2. The zero-order chi connectivity index (χ0) is 13.1. The lowest BCUT2D eigenvalue weighted by atomic mass is 10.1. The molecule has 0 saturated carbocycles. The summed E-state index contributed by atoms with van der Waals surface area (Å²) in [6.07, 6.45) is 0. The molecule has 0 radical (unpaired) electrons. The second-order valence-corrected chi connectivity index (χ2v) is 5.89. The summed E-state index contributed by atoms with van der Waals surface area (Å²) in [7, 11) is -1.13. The molecule has 0 N–H and O–H groups in total. The van der Waals surface area contributed by atoms with Crippen LogP contribution < -0.4 is 0 Å².